The number of unbranched alkanes of at least 4 members (excludes halogenated alkanes) is 5. The van der Waals surface area contributed by atoms with Gasteiger partial charge in [-0.15, -0.1) is 0 Å². The molecule has 1 fully saturated rings. The largest absolute Gasteiger partial charge is 0.481 e. The van der Waals surface area contributed by atoms with Gasteiger partial charge in [-0.2, -0.15) is 0 Å². The van der Waals surface area contributed by atoms with Crippen molar-refractivity contribution in [3.63, 3.8) is 0 Å². The van der Waals surface area contributed by atoms with Crippen LogP contribution in [0.15, 0.2) is 0 Å². The molecule has 1 aliphatic carbocycles. The smallest absolute Gasteiger partial charge is 0.312 e. The highest BCUT2D eigenvalue weighted by Gasteiger charge is 2.45. The molecule has 0 radical (unpaired) electrons. The number of hydrogen-bond donors (Lipinski definition) is 2. The number of rotatable bonds is 14. The Morgan fingerprint density at radius 3 is 2.12 bits per heavy atom. The second kappa shape index (κ2) is 11.9. The summed E-state index contributed by atoms with van der Waals surface area (Å²) in [7, 11) is 2.18. The van der Waals surface area contributed by atoms with Crippen LogP contribution >= 0.6 is 0 Å². The van der Waals surface area contributed by atoms with Gasteiger partial charge in [0.1, 0.15) is 0 Å². The number of carboxylic acids is 1. The molecule has 4 heteroatoms. The number of aliphatic hydroxyl groups excluding tert-OH is 1. The fraction of sp³-hybridized carbons (Fsp3) is 0.950. The van der Waals surface area contributed by atoms with Crippen LogP contribution in [0.5, 0.6) is 0 Å². The number of carboxylic acid groups (broad SMARTS) is 1. The predicted octanol–water partition coefficient (Wildman–Crippen LogP) is 4.31. The molecule has 0 saturated heterocycles. The molecule has 0 spiro atoms. The average molecular weight is 342 g/mol. The van der Waals surface area contributed by atoms with E-state index in [1.807, 2.05) is 0 Å². The Morgan fingerprint density at radius 1 is 1.04 bits per heavy atom. The summed E-state index contributed by atoms with van der Waals surface area (Å²) in [4.78, 5) is 14.2. The van der Waals surface area contributed by atoms with Gasteiger partial charge < -0.3 is 15.1 Å². The highest BCUT2D eigenvalue weighted by molar-refractivity contribution is 5.75. The van der Waals surface area contributed by atoms with E-state index < -0.39 is 11.4 Å². The van der Waals surface area contributed by atoms with E-state index >= 15 is 0 Å². The van der Waals surface area contributed by atoms with Crippen LogP contribution in [0.2, 0.25) is 0 Å². The summed E-state index contributed by atoms with van der Waals surface area (Å²) in [6.07, 6.45) is 13.1. The SMILES string of the molecule is CCCCCCN(C)CCCCCC(CO)(C(=O)O)C1CCCC1. The third-order valence-corrected chi connectivity index (χ3v) is 5.90. The van der Waals surface area contributed by atoms with E-state index in [-0.39, 0.29) is 12.5 Å². The van der Waals surface area contributed by atoms with Gasteiger partial charge in [-0.1, -0.05) is 51.9 Å². The molecule has 1 saturated carbocycles. The van der Waals surface area contributed by atoms with Crippen molar-refractivity contribution in [3.05, 3.63) is 0 Å². The number of hydrogen-bond acceptors (Lipinski definition) is 3. The normalized spacial score (nSPS) is 18.2. The second-order valence-electron chi connectivity index (χ2n) is 7.78. The van der Waals surface area contributed by atoms with Gasteiger partial charge in [0.15, 0.2) is 0 Å². The van der Waals surface area contributed by atoms with Gasteiger partial charge in [0.2, 0.25) is 0 Å². The van der Waals surface area contributed by atoms with Crippen molar-refractivity contribution in [2.45, 2.75) is 84.0 Å². The van der Waals surface area contributed by atoms with E-state index in [9.17, 15) is 15.0 Å². The van der Waals surface area contributed by atoms with Crippen molar-refractivity contribution < 1.29 is 15.0 Å². The fourth-order valence-electron chi connectivity index (χ4n) is 4.16. The third-order valence-electron chi connectivity index (χ3n) is 5.90. The Balaban J connectivity index is 2.24. The molecular weight excluding hydrogens is 302 g/mol. The molecule has 142 valence electrons. The fourth-order valence-corrected chi connectivity index (χ4v) is 4.16. The maximum atomic E-state index is 11.8. The van der Waals surface area contributed by atoms with Crippen LogP contribution in [0.3, 0.4) is 0 Å². The van der Waals surface area contributed by atoms with Crippen LogP contribution in [-0.4, -0.2) is 47.8 Å². The summed E-state index contributed by atoms with van der Waals surface area (Å²) < 4.78 is 0. The van der Waals surface area contributed by atoms with Gasteiger partial charge in [-0.25, -0.2) is 0 Å². The van der Waals surface area contributed by atoms with Crippen molar-refractivity contribution in [3.8, 4) is 0 Å². The van der Waals surface area contributed by atoms with Crippen LogP contribution in [0.1, 0.15) is 84.0 Å². The van der Waals surface area contributed by atoms with E-state index in [4.69, 9.17) is 0 Å². The molecule has 0 heterocycles. The van der Waals surface area contributed by atoms with Crippen LogP contribution in [0.25, 0.3) is 0 Å². The zero-order chi connectivity index (χ0) is 17.8. The van der Waals surface area contributed by atoms with Crippen molar-refractivity contribution in [1.29, 1.82) is 0 Å². The quantitative estimate of drug-likeness (QED) is 0.462. The lowest BCUT2D eigenvalue weighted by molar-refractivity contribution is -0.156. The summed E-state index contributed by atoms with van der Waals surface area (Å²) >= 11 is 0. The average Bonchev–Trinajstić information content (AvgIpc) is 3.09. The highest BCUT2D eigenvalue weighted by Crippen LogP contribution is 2.43. The number of nitrogens with zero attached hydrogens (tertiary/aromatic N) is 1. The first kappa shape index (κ1) is 21.4. The maximum absolute atomic E-state index is 11.8. The third kappa shape index (κ3) is 6.72. The second-order valence-corrected chi connectivity index (χ2v) is 7.78. The van der Waals surface area contributed by atoms with Crippen LogP contribution in [0, 0.1) is 11.3 Å². The lowest BCUT2D eigenvalue weighted by Gasteiger charge is -2.33. The van der Waals surface area contributed by atoms with E-state index in [0.29, 0.717) is 6.42 Å². The molecule has 0 aromatic rings. The highest BCUT2D eigenvalue weighted by atomic mass is 16.4. The molecule has 1 atom stereocenters. The molecule has 4 nitrogen and oxygen atoms in total. The molecule has 0 aromatic heterocycles. The molecule has 0 aliphatic heterocycles. The number of aliphatic carboxylic acids is 1. The molecule has 0 aromatic carbocycles. The summed E-state index contributed by atoms with van der Waals surface area (Å²) in [5.74, 6) is -0.619. The summed E-state index contributed by atoms with van der Waals surface area (Å²) in [5, 5.41) is 19.5. The van der Waals surface area contributed by atoms with Gasteiger partial charge in [0.05, 0.1) is 12.0 Å². The van der Waals surface area contributed by atoms with Gasteiger partial charge in [-0.3, -0.25) is 4.79 Å². The van der Waals surface area contributed by atoms with Gasteiger partial charge in [0, 0.05) is 0 Å². The zero-order valence-electron chi connectivity index (χ0n) is 15.9. The summed E-state index contributed by atoms with van der Waals surface area (Å²) in [5.41, 5.74) is -0.886. The molecule has 1 rings (SSSR count). The van der Waals surface area contributed by atoms with Crippen molar-refractivity contribution in [1.82, 2.24) is 4.90 Å². The van der Waals surface area contributed by atoms with E-state index in [1.165, 1.54) is 25.7 Å². The standard InChI is InChI=1S/C20H39NO3/c1-3-4-5-10-15-21(2)16-11-6-9-14-20(17-22,19(23)24)18-12-7-8-13-18/h18,22H,3-17H2,1-2H3,(H,23,24). The molecular formula is C20H39NO3. The Bertz CT molecular complexity index is 342. The predicted molar refractivity (Wildman–Crippen MR) is 99.2 cm³/mol. The molecule has 0 amide bonds. The molecule has 2 N–H and O–H groups in total. The minimum absolute atomic E-state index is 0.168. The molecule has 1 unspecified atom stereocenters. The molecule has 24 heavy (non-hydrogen) atoms. The topological polar surface area (TPSA) is 60.8 Å². The Hall–Kier alpha value is -0.610. The first-order chi connectivity index (χ1) is 11.6. The van der Waals surface area contributed by atoms with Gasteiger partial charge >= 0.3 is 5.97 Å². The van der Waals surface area contributed by atoms with Crippen molar-refractivity contribution >= 4 is 5.97 Å². The lowest BCUT2D eigenvalue weighted by Crippen LogP contribution is -2.41. The van der Waals surface area contributed by atoms with Crippen LogP contribution in [0.4, 0.5) is 0 Å². The molecule has 0 bridgehead atoms. The first-order valence-electron chi connectivity index (χ1n) is 10.1. The van der Waals surface area contributed by atoms with Gasteiger partial charge in [-0.05, 0) is 58.2 Å². The number of aliphatic hydroxyl groups is 1. The Kier molecular flexibility index (Phi) is 10.6. The van der Waals surface area contributed by atoms with Crippen molar-refractivity contribution in [2.24, 2.45) is 11.3 Å². The number of carbonyl (C=O) groups is 1. The first-order valence-corrected chi connectivity index (χ1v) is 10.1. The van der Waals surface area contributed by atoms with Crippen LogP contribution < -0.4 is 0 Å². The van der Waals surface area contributed by atoms with E-state index in [0.717, 1.165) is 58.0 Å². The van der Waals surface area contributed by atoms with Crippen LogP contribution in [-0.2, 0) is 4.79 Å². The minimum Gasteiger partial charge on any atom is -0.481 e. The summed E-state index contributed by atoms with van der Waals surface area (Å²) in [6.45, 7) is 4.29. The van der Waals surface area contributed by atoms with Crippen molar-refractivity contribution in [2.75, 3.05) is 26.7 Å². The lowest BCUT2D eigenvalue weighted by atomic mass is 9.71. The maximum Gasteiger partial charge on any atom is 0.312 e. The summed E-state index contributed by atoms with van der Waals surface area (Å²) in [6, 6.07) is 0. The Labute approximate surface area is 148 Å². The Morgan fingerprint density at radius 2 is 1.62 bits per heavy atom. The molecule has 1 aliphatic rings. The van der Waals surface area contributed by atoms with E-state index in [1.54, 1.807) is 0 Å². The van der Waals surface area contributed by atoms with E-state index in [2.05, 4.69) is 18.9 Å². The monoisotopic (exact) mass is 341 g/mol. The minimum atomic E-state index is -0.886. The van der Waals surface area contributed by atoms with Gasteiger partial charge in [0.25, 0.3) is 0 Å². The zero-order valence-corrected chi connectivity index (χ0v) is 15.9.